The molecule has 8 nitrogen and oxygen atoms in total. The highest BCUT2D eigenvalue weighted by atomic mass is 79.9. The number of imide groups is 2. The molecule has 54 heavy (non-hydrogen) atoms. The second kappa shape index (κ2) is 15.2. The van der Waals surface area contributed by atoms with E-state index < -0.39 is 17.8 Å². The zero-order valence-corrected chi connectivity index (χ0v) is 31.9. The van der Waals surface area contributed by atoms with Crippen LogP contribution >= 0.6 is 27.5 Å². The van der Waals surface area contributed by atoms with Gasteiger partial charge in [-0.25, -0.2) is 9.69 Å². The van der Waals surface area contributed by atoms with Gasteiger partial charge in [0.25, 0.3) is 11.8 Å². The van der Waals surface area contributed by atoms with Crippen molar-refractivity contribution in [3.05, 3.63) is 158 Å². The van der Waals surface area contributed by atoms with E-state index in [-0.39, 0.29) is 29.0 Å². The van der Waals surface area contributed by atoms with Gasteiger partial charge in [0, 0.05) is 35.1 Å². The fourth-order valence-electron chi connectivity index (χ4n) is 7.84. The van der Waals surface area contributed by atoms with Crippen LogP contribution in [0.3, 0.4) is 0 Å². The average molecular weight is 803 g/mol. The SMILES string of the molecule is CCOc1cc(/C=C2\C(=O)NC(=O)N(c3cc4c5c(c3)[C@H](c3ccccc3)CCN5CC[C@@H]4c3ccccc3)C2=O)cc(Cl)c1OCc1ccc(Br)cc1. The van der Waals surface area contributed by atoms with Crippen LogP contribution in [0, 0.1) is 0 Å². The van der Waals surface area contributed by atoms with Crippen LogP contribution in [0.5, 0.6) is 11.5 Å². The van der Waals surface area contributed by atoms with E-state index in [1.54, 1.807) is 12.1 Å². The van der Waals surface area contributed by atoms with Crippen molar-refractivity contribution in [3.63, 3.8) is 0 Å². The van der Waals surface area contributed by atoms with Gasteiger partial charge in [-0.2, -0.15) is 0 Å². The molecule has 3 aliphatic rings. The molecule has 5 aromatic carbocycles. The summed E-state index contributed by atoms with van der Waals surface area (Å²) in [5, 5.41) is 2.67. The Morgan fingerprint density at radius 2 is 1.43 bits per heavy atom. The molecule has 0 spiro atoms. The number of urea groups is 1. The second-order valence-electron chi connectivity index (χ2n) is 13.6. The quantitative estimate of drug-likeness (QED) is 0.118. The number of hydrogen-bond donors (Lipinski definition) is 1. The third-order valence-corrected chi connectivity index (χ3v) is 11.1. The first-order valence-corrected chi connectivity index (χ1v) is 19.2. The number of anilines is 2. The summed E-state index contributed by atoms with van der Waals surface area (Å²) < 4.78 is 12.9. The molecule has 3 heterocycles. The third-order valence-electron chi connectivity index (χ3n) is 10.3. The van der Waals surface area contributed by atoms with E-state index in [9.17, 15) is 14.4 Å². The Morgan fingerprint density at radius 1 is 0.815 bits per heavy atom. The lowest BCUT2D eigenvalue weighted by Crippen LogP contribution is -2.54. The molecule has 0 saturated carbocycles. The summed E-state index contributed by atoms with van der Waals surface area (Å²) in [6.07, 6.45) is 3.23. The molecule has 0 radical (unpaired) electrons. The van der Waals surface area contributed by atoms with Gasteiger partial charge in [0.1, 0.15) is 12.2 Å². The molecule has 3 aliphatic heterocycles. The van der Waals surface area contributed by atoms with Crippen molar-refractivity contribution in [1.29, 1.82) is 0 Å². The third kappa shape index (κ3) is 6.90. The first kappa shape index (κ1) is 35.6. The van der Waals surface area contributed by atoms with Crippen LogP contribution in [0.2, 0.25) is 5.02 Å². The highest BCUT2D eigenvalue weighted by molar-refractivity contribution is 9.10. The second-order valence-corrected chi connectivity index (χ2v) is 14.9. The predicted molar refractivity (Wildman–Crippen MR) is 215 cm³/mol. The summed E-state index contributed by atoms with van der Waals surface area (Å²) in [7, 11) is 0. The van der Waals surface area contributed by atoms with Crippen LogP contribution in [-0.2, 0) is 16.2 Å². The number of nitrogens with one attached hydrogen (secondary N) is 1. The van der Waals surface area contributed by atoms with Crippen molar-refractivity contribution >= 4 is 62.8 Å². The molecule has 1 N–H and O–H groups in total. The summed E-state index contributed by atoms with van der Waals surface area (Å²) in [4.78, 5) is 45.0. The fourth-order valence-corrected chi connectivity index (χ4v) is 8.38. The Hall–Kier alpha value is -5.38. The molecule has 1 fully saturated rings. The molecular formula is C44H37BrClN3O5. The van der Waals surface area contributed by atoms with Gasteiger partial charge >= 0.3 is 6.03 Å². The standard InChI is InChI=1S/C44H37BrClN3O5/c1-2-53-39-23-28(22-38(46)41(39)54-26-27-13-15-31(45)16-14-27)21-37-42(50)47-44(52)49(43(37)51)32-24-35-33(29-9-5-3-6-10-29)17-19-48-20-18-34(36(25-32)40(35)48)30-11-7-4-8-12-30/h3-16,21-25,33-34H,2,17-20,26H2,1H3,(H,47,50,52)/b37-21+/t33-,34+. The van der Waals surface area contributed by atoms with E-state index in [4.69, 9.17) is 21.1 Å². The van der Waals surface area contributed by atoms with Crippen LogP contribution in [0.25, 0.3) is 6.08 Å². The van der Waals surface area contributed by atoms with E-state index in [1.165, 1.54) is 17.2 Å². The van der Waals surface area contributed by atoms with Crippen molar-refractivity contribution in [3.8, 4) is 11.5 Å². The number of carbonyl (C=O) groups excluding carboxylic acids is 3. The smallest absolute Gasteiger partial charge is 0.335 e. The number of amides is 4. The van der Waals surface area contributed by atoms with Gasteiger partial charge in [0.2, 0.25) is 0 Å². The first-order chi connectivity index (χ1) is 26.3. The number of nitrogens with zero attached hydrogens (tertiary/aromatic N) is 2. The maximum absolute atomic E-state index is 14.4. The lowest BCUT2D eigenvalue weighted by atomic mass is 9.76. The summed E-state index contributed by atoms with van der Waals surface area (Å²) in [5.41, 5.74) is 7.23. The molecule has 272 valence electrons. The molecule has 5 aromatic rings. The average Bonchev–Trinajstić information content (AvgIpc) is 3.18. The molecular weight excluding hydrogens is 766 g/mol. The monoisotopic (exact) mass is 801 g/mol. The normalized spacial score (nSPS) is 18.7. The topological polar surface area (TPSA) is 88.2 Å². The van der Waals surface area contributed by atoms with Gasteiger partial charge in [0.05, 0.1) is 17.3 Å². The van der Waals surface area contributed by atoms with Crippen LogP contribution in [-0.4, -0.2) is 37.5 Å². The molecule has 1 saturated heterocycles. The zero-order chi connectivity index (χ0) is 37.3. The van der Waals surface area contributed by atoms with E-state index in [2.05, 4.69) is 50.4 Å². The molecule has 0 bridgehead atoms. The van der Waals surface area contributed by atoms with Crippen molar-refractivity contribution in [1.82, 2.24) is 5.32 Å². The molecule has 4 amide bonds. The van der Waals surface area contributed by atoms with Crippen LogP contribution in [0.1, 0.15) is 65.0 Å². The highest BCUT2D eigenvalue weighted by Gasteiger charge is 2.40. The van der Waals surface area contributed by atoms with Crippen LogP contribution in [0.15, 0.2) is 119 Å². The Balaban J connectivity index is 1.19. The van der Waals surface area contributed by atoms with Crippen LogP contribution < -0.4 is 24.6 Å². The lowest BCUT2D eigenvalue weighted by molar-refractivity contribution is -0.122. The number of rotatable bonds is 9. The number of carbonyl (C=O) groups is 3. The Morgan fingerprint density at radius 3 is 2.02 bits per heavy atom. The lowest BCUT2D eigenvalue weighted by Gasteiger charge is -2.44. The minimum atomic E-state index is -0.796. The summed E-state index contributed by atoms with van der Waals surface area (Å²) in [6, 6.07) is 34.9. The summed E-state index contributed by atoms with van der Waals surface area (Å²) in [6.45, 7) is 4.24. The van der Waals surface area contributed by atoms with Crippen molar-refractivity contribution in [2.24, 2.45) is 0 Å². The number of halogens is 2. The van der Waals surface area contributed by atoms with Gasteiger partial charge in [-0.1, -0.05) is 100 Å². The predicted octanol–water partition coefficient (Wildman–Crippen LogP) is 9.62. The van der Waals surface area contributed by atoms with E-state index >= 15 is 0 Å². The molecule has 8 rings (SSSR count). The molecule has 0 aliphatic carbocycles. The summed E-state index contributed by atoms with van der Waals surface area (Å²) >= 11 is 10.2. The molecule has 10 heteroatoms. The Labute approximate surface area is 327 Å². The number of benzene rings is 5. The van der Waals surface area contributed by atoms with Gasteiger partial charge in [-0.05, 0) is 95.6 Å². The van der Waals surface area contributed by atoms with Gasteiger partial charge < -0.3 is 14.4 Å². The maximum atomic E-state index is 14.4. The van der Waals surface area contributed by atoms with Gasteiger partial charge in [-0.3, -0.25) is 14.9 Å². The van der Waals surface area contributed by atoms with Crippen molar-refractivity contribution in [2.75, 3.05) is 29.5 Å². The van der Waals surface area contributed by atoms with Gasteiger partial charge in [0.15, 0.2) is 11.5 Å². The molecule has 0 unspecified atom stereocenters. The number of ether oxygens (including phenoxy) is 2. The zero-order valence-electron chi connectivity index (χ0n) is 29.6. The Bertz CT molecular complexity index is 2210. The minimum absolute atomic E-state index is 0.0638. The largest absolute Gasteiger partial charge is 0.490 e. The number of barbiturate groups is 1. The van der Waals surface area contributed by atoms with E-state index in [0.717, 1.165) is 57.7 Å². The van der Waals surface area contributed by atoms with Gasteiger partial charge in [-0.15, -0.1) is 0 Å². The van der Waals surface area contributed by atoms with Crippen molar-refractivity contribution in [2.45, 2.75) is 38.2 Å². The van der Waals surface area contributed by atoms with E-state index in [0.29, 0.717) is 29.4 Å². The number of hydrogen-bond acceptors (Lipinski definition) is 6. The van der Waals surface area contributed by atoms with Crippen molar-refractivity contribution < 1.29 is 23.9 Å². The van der Waals surface area contributed by atoms with Crippen LogP contribution in [0.4, 0.5) is 16.2 Å². The molecule has 0 aromatic heterocycles. The maximum Gasteiger partial charge on any atom is 0.335 e. The summed E-state index contributed by atoms with van der Waals surface area (Å²) in [5.74, 6) is -0.680. The first-order valence-electron chi connectivity index (χ1n) is 18.1. The highest BCUT2D eigenvalue weighted by Crippen LogP contribution is 2.50. The Kier molecular flexibility index (Phi) is 10.0. The minimum Gasteiger partial charge on any atom is -0.490 e. The molecule has 2 atom stereocenters. The van der Waals surface area contributed by atoms with E-state index in [1.807, 2.05) is 79.7 Å². The fraction of sp³-hybridized carbons (Fsp3) is 0.205.